The molecule has 60 valence electrons. The fourth-order valence-corrected chi connectivity index (χ4v) is 0.863. The SMILES string of the molecule is FC(F)SOc1ccccc1. The number of rotatable bonds is 3. The van der Waals surface area contributed by atoms with Gasteiger partial charge in [-0.25, -0.2) is 0 Å². The van der Waals surface area contributed by atoms with Crippen molar-refractivity contribution in [2.24, 2.45) is 0 Å². The van der Waals surface area contributed by atoms with Crippen molar-refractivity contribution < 1.29 is 13.0 Å². The Morgan fingerprint density at radius 1 is 1.18 bits per heavy atom. The van der Waals surface area contributed by atoms with Crippen LogP contribution in [0.1, 0.15) is 0 Å². The van der Waals surface area contributed by atoms with Crippen LogP contribution in [0.25, 0.3) is 0 Å². The van der Waals surface area contributed by atoms with Gasteiger partial charge in [0.15, 0.2) is 0 Å². The Hall–Kier alpha value is -0.770. The highest BCUT2D eigenvalue weighted by molar-refractivity contribution is 7.95. The topological polar surface area (TPSA) is 9.23 Å². The molecule has 11 heavy (non-hydrogen) atoms. The van der Waals surface area contributed by atoms with Crippen LogP contribution in [0, 0.1) is 0 Å². The van der Waals surface area contributed by atoms with Gasteiger partial charge in [-0.05, 0) is 12.1 Å². The zero-order valence-electron chi connectivity index (χ0n) is 5.54. The Labute approximate surface area is 67.6 Å². The van der Waals surface area contributed by atoms with E-state index in [-0.39, 0.29) is 12.0 Å². The van der Waals surface area contributed by atoms with Gasteiger partial charge in [-0.3, -0.25) is 0 Å². The molecule has 1 aromatic rings. The minimum absolute atomic E-state index is 0.151. The van der Waals surface area contributed by atoms with E-state index >= 15 is 0 Å². The van der Waals surface area contributed by atoms with Crippen LogP contribution >= 0.6 is 12.0 Å². The number of para-hydroxylation sites is 1. The molecule has 0 aliphatic rings. The highest BCUT2D eigenvalue weighted by atomic mass is 32.2. The van der Waals surface area contributed by atoms with Crippen LogP contribution in [-0.2, 0) is 0 Å². The number of hydrogen-bond acceptors (Lipinski definition) is 2. The summed E-state index contributed by atoms with van der Waals surface area (Å²) in [6, 6.07) is 8.48. The Balaban J connectivity index is 2.39. The van der Waals surface area contributed by atoms with Gasteiger partial charge < -0.3 is 4.18 Å². The first-order valence-electron chi connectivity index (χ1n) is 2.95. The summed E-state index contributed by atoms with van der Waals surface area (Å²) in [5, 5.41) is 0. The molecule has 0 fully saturated rings. The molecule has 0 unspecified atom stereocenters. The predicted molar refractivity (Wildman–Crippen MR) is 40.7 cm³/mol. The van der Waals surface area contributed by atoms with E-state index in [1.165, 1.54) is 0 Å². The minimum Gasteiger partial charge on any atom is -0.420 e. The quantitative estimate of drug-likeness (QED) is 0.655. The lowest BCUT2D eigenvalue weighted by molar-refractivity contribution is 0.244. The van der Waals surface area contributed by atoms with Crippen molar-refractivity contribution in [1.82, 2.24) is 0 Å². The summed E-state index contributed by atoms with van der Waals surface area (Å²) < 4.78 is 27.8. The molecule has 0 N–H and O–H groups in total. The molecule has 4 heteroatoms. The number of alkyl halides is 2. The molecule has 0 bridgehead atoms. The molecule has 0 aliphatic carbocycles. The van der Waals surface area contributed by atoms with Gasteiger partial charge in [-0.1, -0.05) is 18.2 Å². The molecule has 0 spiro atoms. The lowest BCUT2D eigenvalue weighted by Gasteiger charge is -2.00. The van der Waals surface area contributed by atoms with Crippen molar-refractivity contribution in [3.05, 3.63) is 30.3 Å². The van der Waals surface area contributed by atoms with Gasteiger partial charge in [-0.15, -0.1) is 0 Å². The molecule has 0 atom stereocenters. The molecular weight excluding hydrogens is 170 g/mol. The van der Waals surface area contributed by atoms with Crippen LogP contribution in [0.5, 0.6) is 5.75 Å². The molecular formula is C7H6F2OS. The highest BCUT2D eigenvalue weighted by Gasteiger charge is 2.03. The second-order valence-electron chi connectivity index (χ2n) is 1.75. The van der Waals surface area contributed by atoms with Gasteiger partial charge in [-0.2, -0.15) is 8.78 Å². The number of halogens is 2. The fraction of sp³-hybridized carbons (Fsp3) is 0.143. The van der Waals surface area contributed by atoms with E-state index in [2.05, 4.69) is 4.18 Å². The van der Waals surface area contributed by atoms with Crippen LogP contribution in [-0.4, -0.2) is 5.76 Å². The third kappa shape index (κ3) is 3.23. The summed E-state index contributed by atoms with van der Waals surface area (Å²) in [5.41, 5.74) is 0. The number of benzene rings is 1. The maximum atomic E-state index is 11.6. The lowest BCUT2D eigenvalue weighted by atomic mass is 10.3. The van der Waals surface area contributed by atoms with Gasteiger partial charge in [0.1, 0.15) is 17.8 Å². The van der Waals surface area contributed by atoms with Crippen molar-refractivity contribution in [2.45, 2.75) is 5.76 Å². The van der Waals surface area contributed by atoms with Crippen LogP contribution in [0.2, 0.25) is 0 Å². The second kappa shape index (κ2) is 4.18. The van der Waals surface area contributed by atoms with E-state index in [1.54, 1.807) is 30.3 Å². The second-order valence-corrected chi connectivity index (χ2v) is 2.47. The average molecular weight is 176 g/mol. The molecule has 1 rings (SSSR count). The summed E-state index contributed by atoms with van der Waals surface area (Å²) in [6.07, 6.45) is 0. The molecule has 0 aliphatic heterocycles. The molecule has 0 saturated heterocycles. The van der Waals surface area contributed by atoms with Crippen LogP contribution in [0.3, 0.4) is 0 Å². The Morgan fingerprint density at radius 2 is 1.82 bits per heavy atom. The van der Waals surface area contributed by atoms with E-state index in [0.717, 1.165) is 0 Å². The Kier molecular flexibility index (Phi) is 3.16. The average Bonchev–Trinajstić information content (AvgIpc) is 2.03. The van der Waals surface area contributed by atoms with E-state index in [0.29, 0.717) is 5.75 Å². The van der Waals surface area contributed by atoms with Crippen LogP contribution in [0.15, 0.2) is 30.3 Å². The molecule has 0 saturated carbocycles. The Bertz CT molecular complexity index is 203. The van der Waals surface area contributed by atoms with Crippen molar-refractivity contribution >= 4 is 12.0 Å². The normalized spacial score (nSPS) is 10.1. The first-order chi connectivity index (χ1) is 5.29. The molecule has 0 heterocycles. The van der Waals surface area contributed by atoms with Crippen LogP contribution < -0.4 is 4.18 Å². The molecule has 0 aromatic heterocycles. The maximum absolute atomic E-state index is 11.6. The highest BCUT2D eigenvalue weighted by Crippen LogP contribution is 2.20. The summed E-state index contributed by atoms with van der Waals surface area (Å²) in [6.45, 7) is 0. The predicted octanol–water partition coefficient (Wildman–Crippen LogP) is 2.94. The third-order valence-electron chi connectivity index (χ3n) is 0.960. The first kappa shape index (κ1) is 8.33. The minimum atomic E-state index is -2.49. The number of hydrogen-bond donors (Lipinski definition) is 0. The summed E-state index contributed by atoms with van der Waals surface area (Å²) in [7, 11) is 0. The Morgan fingerprint density at radius 3 is 2.36 bits per heavy atom. The van der Waals surface area contributed by atoms with Gasteiger partial charge in [0.2, 0.25) is 0 Å². The van der Waals surface area contributed by atoms with E-state index in [1.807, 2.05) is 0 Å². The molecule has 0 amide bonds. The smallest absolute Gasteiger partial charge is 0.319 e. The maximum Gasteiger partial charge on any atom is 0.319 e. The van der Waals surface area contributed by atoms with Gasteiger partial charge >= 0.3 is 5.76 Å². The molecule has 0 radical (unpaired) electrons. The van der Waals surface area contributed by atoms with Gasteiger partial charge in [0.05, 0.1) is 0 Å². The zero-order chi connectivity index (χ0) is 8.10. The first-order valence-corrected chi connectivity index (χ1v) is 3.76. The van der Waals surface area contributed by atoms with E-state index < -0.39 is 5.76 Å². The van der Waals surface area contributed by atoms with Crippen molar-refractivity contribution in [3.63, 3.8) is 0 Å². The molecule has 1 aromatic carbocycles. The van der Waals surface area contributed by atoms with Gasteiger partial charge in [0.25, 0.3) is 0 Å². The molecule has 1 nitrogen and oxygen atoms in total. The van der Waals surface area contributed by atoms with E-state index in [4.69, 9.17) is 0 Å². The van der Waals surface area contributed by atoms with Crippen molar-refractivity contribution in [2.75, 3.05) is 0 Å². The third-order valence-corrected chi connectivity index (χ3v) is 1.39. The standard InChI is InChI=1S/C7H6F2OS/c8-7(9)11-10-6-4-2-1-3-5-6/h1-5,7H. The van der Waals surface area contributed by atoms with Crippen molar-refractivity contribution in [1.29, 1.82) is 0 Å². The lowest BCUT2D eigenvalue weighted by Crippen LogP contribution is -1.87. The van der Waals surface area contributed by atoms with Gasteiger partial charge in [0, 0.05) is 0 Å². The zero-order valence-corrected chi connectivity index (χ0v) is 6.35. The van der Waals surface area contributed by atoms with Crippen molar-refractivity contribution in [3.8, 4) is 5.75 Å². The summed E-state index contributed by atoms with van der Waals surface area (Å²) >= 11 is 0.151. The summed E-state index contributed by atoms with van der Waals surface area (Å²) in [5.74, 6) is -2.05. The fourth-order valence-electron chi connectivity index (χ4n) is 0.568. The van der Waals surface area contributed by atoms with E-state index in [9.17, 15) is 8.78 Å². The van der Waals surface area contributed by atoms with Crippen LogP contribution in [0.4, 0.5) is 8.78 Å². The summed E-state index contributed by atoms with van der Waals surface area (Å²) in [4.78, 5) is 0. The largest absolute Gasteiger partial charge is 0.420 e. The monoisotopic (exact) mass is 176 g/mol.